The van der Waals surface area contributed by atoms with Crippen LogP contribution in [0.5, 0.6) is 0 Å². The number of hydrogen-bond acceptors (Lipinski definition) is 3. The van der Waals surface area contributed by atoms with Crippen molar-refractivity contribution in [3.8, 4) is 0 Å². The number of hydrogen-bond donors (Lipinski definition) is 0. The van der Waals surface area contributed by atoms with Crippen molar-refractivity contribution >= 4 is 8.80 Å². The Hall–Kier alpha value is -0.753. The maximum absolute atomic E-state index is 12.8. The Morgan fingerprint density at radius 2 is 1.68 bits per heavy atom. The van der Waals surface area contributed by atoms with Gasteiger partial charge in [-0.15, -0.1) is 0 Å². The van der Waals surface area contributed by atoms with E-state index in [4.69, 9.17) is 13.3 Å². The number of benzene rings is 1. The summed E-state index contributed by atoms with van der Waals surface area (Å²) < 4.78 is 29.7. The highest BCUT2D eigenvalue weighted by Crippen LogP contribution is 2.20. The summed E-state index contributed by atoms with van der Waals surface area (Å²) in [5.74, 6) is -0.242. The van der Waals surface area contributed by atoms with Gasteiger partial charge in [-0.3, -0.25) is 0 Å². The van der Waals surface area contributed by atoms with Crippen LogP contribution in [0.3, 0.4) is 0 Å². The first kappa shape index (κ1) is 16.3. The Bertz CT molecular complexity index is 352. The van der Waals surface area contributed by atoms with E-state index in [0.29, 0.717) is 6.61 Å². The van der Waals surface area contributed by atoms with Gasteiger partial charge in [0.15, 0.2) is 0 Å². The van der Waals surface area contributed by atoms with E-state index in [-0.39, 0.29) is 5.82 Å². The van der Waals surface area contributed by atoms with Crippen molar-refractivity contribution in [3.63, 3.8) is 0 Å². The molecule has 0 aliphatic carbocycles. The minimum absolute atomic E-state index is 0.242. The molecule has 0 aliphatic heterocycles. The van der Waals surface area contributed by atoms with Crippen molar-refractivity contribution in [1.29, 1.82) is 0 Å². The molecule has 108 valence electrons. The summed E-state index contributed by atoms with van der Waals surface area (Å²) >= 11 is 0. The number of rotatable bonds is 9. The fourth-order valence-electron chi connectivity index (χ4n) is 1.84. The molecule has 1 aromatic carbocycles. The third kappa shape index (κ3) is 5.40. The van der Waals surface area contributed by atoms with Gasteiger partial charge >= 0.3 is 8.80 Å². The van der Waals surface area contributed by atoms with Crippen molar-refractivity contribution < 1.29 is 17.7 Å². The van der Waals surface area contributed by atoms with E-state index in [2.05, 4.69) is 6.92 Å². The Morgan fingerprint density at radius 3 is 2.21 bits per heavy atom. The van der Waals surface area contributed by atoms with E-state index in [1.165, 1.54) is 12.1 Å². The Morgan fingerprint density at radius 1 is 1.05 bits per heavy atom. The smallest absolute Gasteiger partial charge is 0.377 e. The molecule has 0 amide bonds. The van der Waals surface area contributed by atoms with E-state index in [1.807, 2.05) is 0 Å². The van der Waals surface area contributed by atoms with Gasteiger partial charge in [0.05, 0.1) is 6.61 Å². The average molecular weight is 286 g/mol. The molecule has 0 aliphatic rings. The van der Waals surface area contributed by atoms with Gasteiger partial charge in [0, 0.05) is 20.3 Å². The largest absolute Gasteiger partial charge is 0.500 e. The number of halogens is 1. The van der Waals surface area contributed by atoms with E-state index >= 15 is 0 Å². The maximum atomic E-state index is 12.8. The third-order valence-electron chi connectivity index (χ3n) is 3.08. The fraction of sp³-hybridized carbons (Fsp3) is 0.571. The summed E-state index contributed by atoms with van der Waals surface area (Å²) in [6.45, 7) is 2.54. The lowest BCUT2D eigenvalue weighted by atomic mass is 10.2. The minimum Gasteiger partial charge on any atom is -0.377 e. The van der Waals surface area contributed by atoms with Crippen molar-refractivity contribution in [3.05, 3.63) is 35.6 Å². The van der Waals surface area contributed by atoms with Crippen LogP contribution in [-0.4, -0.2) is 23.0 Å². The lowest BCUT2D eigenvalue weighted by Crippen LogP contribution is -2.43. The zero-order chi connectivity index (χ0) is 14.1. The molecule has 3 nitrogen and oxygen atoms in total. The second-order valence-corrected chi connectivity index (χ2v) is 7.43. The molecule has 0 saturated carbocycles. The van der Waals surface area contributed by atoms with Gasteiger partial charge in [0.25, 0.3) is 0 Å². The zero-order valence-electron chi connectivity index (χ0n) is 11.9. The second-order valence-electron chi connectivity index (χ2n) is 4.46. The van der Waals surface area contributed by atoms with Crippen LogP contribution in [0.2, 0.25) is 6.04 Å². The maximum Gasteiger partial charge on any atom is 0.500 e. The molecule has 0 bridgehead atoms. The molecular weight excluding hydrogens is 263 g/mol. The summed E-state index contributed by atoms with van der Waals surface area (Å²) in [5, 5.41) is 0. The molecule has 1 aromatic rings. The molecule has 0 saturated heterocycles. The van der Waals surface area contributed by atoms with Crippen molar-refractivity contribution in [2.75, 3.05) is 14.2 Å². The lowest BCUT2D eigenvalue weighted by molar-refractivity contribution is 0.0906. The van der Waals surface area contributed by atoms with Gasteiger partial charge in [-0.1, -0.05) is 31.9 Å². The summed E-state index contributed by atoms with van der Waals surface area (Å²) in [4.78, 5) is 0. The van der Waals surface area contributed by atoms with E-state index < -0.39 is 8.80 Å². The molecule has 19 heavy (non-hydrogen) atoms. The molecular formula is C14H23FO3Si. The summed E-state index contributed by atoms with van der Waals surface area (Å²) in [5.41, 5.74) is 0.919. The topological polar surface area (TPSA) is 27.7 Å². The first-order chi connectivity index (χ1) is 9.15. The first-order valence-corrected chi connectivity index (χ1v) is 8.57. The highest BCUT2D eigenvalue weighted by Gasteiger charge is 2.38. The second kappa shape index (κ2) is 8.42. The van der Waals surface area contributed by atoms with Gasteiger partial charge in [-0.05, 0) is 24.1 Å². The highest BCUT2D eigenvalue weighted by atomic mass is 28.4. The summed E-state index contributed by atoms with van der Waals surface area (Å²) in [6, 6.07) is 7.10. The minimum atomic E-state index is -2.57. The standard InChI is InChI=1S/C14H23FO3Si/c1-4-5-6-11-19(16-2,17-3)18-12-13-7-9-14(15)10-8-13/h7-10H,4-6,11-12H2,1-3H3. The zero-order valence-corrected chi connectivity index (χ0v) is 12.9. The Kier molecular flexibility index (Phi) is 7.23. The lowest BCUT2D eigenvalue weighted by Gasteiger charge is -2.26. The molecule has 0 heterocycles. The summed E-state index contributed by atoms with van der Waals surface area (Å²) in [6.07, 6.45) is 3.32. The van der Waals surface area contributed by atoms with E-state index in [1.54, 1.807) is 26.4 Å². The van der Waals surface area contributed by atoms with Crippen LogP contribution in [-0.2, 0) is 19.9 Å². The third-order valence-corrected chi connectivity index (χ3v) is 5.87. The summed E-state index contributed by atoms with van der Waals surface area (Å²) in [7, 11) is 0.692. The quantitative estimate of drug-likeness (QED) is 0.511. The van der Waals surface area contributed by atoms with Crippen LogP contribution in [0.1, 0.15) is 31.7 Å². The first-order valence-electron chi connectivity index (χ1n) is 6.64. The van der Waals surface area contributed by atoms with Gasteiger partial charge in [0.1, 0.15) is 5.82 Å². The van der Waals surface area contributed by atoms with Crippen LogP contribution in [0.25, 0.3) is 0 Å². The van der Waals surface area contributed by atoms with Crippen LogP contribution in [0, 0.1) is 5.82 Å². The van der Waals surface area contributed by atoms with Crippen LogP contribution >= 0.6 is 0 Å². The predicted octanol–water partition coefficient (Wildman–Crippen LogP) is 3.76. The Balaban J connectivity index is 2.54. The monoisotopic (exact) mass is 286 g/mol. The van der Waals surface area contributed by atoms with Crippen LogP contribution in [0.4, 0.5) is 4.39 Å². The molecule has 0 unspecified atom stereocenters. The number of unbranched alkanes of at least 4 members (excludes halogenated alkanes) is 2. The van der Waals surface area contributed by atoms with Crippen molar-refractivity contribution in [2.24, 2.45) is 0 Å². The molecule has 5 heteroatoms. The van der Waals surface area contributed by atoms with Crippen molar-refractivity contribution in [1.82, 2.24) is 0 Å². The Labute approximate surface area is 116 Å². The molecule has 0 spiro atoms. The van der Waals surface area contributed by atoms with E-state index in [0.717, 1.165) is 30.9 Å². The molecule has 0 aromatic heterocycles. The fourth-order valence-corrected chi connectivity index (χ4v) is 3.87. The van der Waals surface area contributed by atoms with Crippen LogP contribution in [0.15, 0.2) is 24.3 Å². The average Bonchev–Trinajstić information content (AvgIpc) is 2.45. The molecule has 1 rings (SSSR count). The van der Waals surface area contributed by atoms with Gasteiger partial charge in [0.2, 0.25) is 0 Å². The molecule has 0 radical (unpaired) electrons. The molecule has 0 N–H and O–H groups in total. The normalized spacial score (nSPS) is 11.8. The van der Waals surface area contributed by atoms with Crippen molar-refractivity contribution in [2.45, 2.75) is 38.8 Å². The van der Waals surface area contributed by atoms with E-state index in [9.17, 15) is 4.39 Å². The van der Waals surface area contributed by atoms with Gasteiger partial charge in [-0.25, -0.2) is 4.39 Å². The predicted molar refractivity (Wildman–Crippen MR) is 75.3 cm³/mol. The molecule has 0 atom stereocenters. The SMILES string of the molecule is CCCCC[Si](OC)(OC)OCc1ccc(F)cc1. The highest BCUT2D eigenvalue weighted by molar-refractivity contribution is 6.60. The van der Waals surface area contributed by atoms with Gasteiger partial charge in [-0.2, -0.15) is 0 Å². The molecule has 0 fully saturated rings. The van der Waals surface area contributed by atoms with Gasteiger partial charge < -0.3 is 13.3 Å². The van der Waals surface area contributed by atoms with Crippen LogP contribution < -0.4 is 0 Å².